The Labute approximate surface area is 161 Å². The lowest BCUT2D eigenvalue weighted by atomic mass is 10.00. The van der Waals surface area contributed by atoms with Gasteiger partial charge in [-0.25, -0.2) is 0 Å². The van der Waals surface area contributed by atoms with Gasteiger partial charge < -0.3 is 14.5 Å². The number of rotatable bonds is 8. The summed E-state index contributed by atoms with van der Waals surface area (Å²) >= 11 is 0. The minimum absolute atomic E-state index is 0.481. The summed E-state index contributed by atoms with van der Waals surface area (Å²) in [6, 6.07) is 0. The maximum Gasteiger partial charge on any atom is 0.0571 e. The number of hydrogen-bond donors (Lipinski definition) is 0. The third-order valence-electron chi connectivity index (χ3n) is 4.57. The molecule has 3 nitrogen and oxygen atoms in total. The average Bonchev–Trinajstić information content (AvgIpc) is 2.69. The SMILES string of the molecule is CC.CC.CCC(C)CC(CC)OC.CCCCN1CCN(C)CC1. The highest BCUT2D eigenvalue weighted by molar-refractivity contribution is 4.68. The zero-order chi connectivity index (χ0) is 20.1. The van der Waals surface area contributed by atoms with Crippen molar-refractivity contribution < 1.29 is 4.74 Å². The first kappa shape index (κ1) is 29.6. The highest BCUT2D eigenvalue weighted by Crippen LogP contribution is 2.13. The van der Waals surface area contributed by atoms with Crippen LogP contribution in [0.25, 0.3) is 0 Å². The fourth-order valence-corrected chi connectivity index (χ4v) is 2.50. The van der Waals surface area contributed by atoms with Gasteiger partial charge in [0, 0.05) is 33.3 Å². The minimum atomic E-state index is 0.481. The molecule has 0 amide bonds. The molecule has 156 valence electrons. The molecular formula is C22H52N2O. The van der Waals surface area contributed by atoms with Gasteiger partial charge in [0.1, 0.15) is 0 Å². The molecule has 2 atom stereocenters. The first-order valence-corrected chi connectivity index (χ1v) is 11.0. The first-order valence-electron chi connectivity index (χ1n) is 11.0. The first-order chi connectivity index (χ1) is 12.1. The highest BCUT2D eigenvalue weighted by atomic mass is 16.5. The molecule has 0 radical (unpaired) electrons. The van der Waals surface area contributed by atoms with Crippen LogP contribution in [0.4, 0.5) is 0 Å². The molecule has 0 saturated carbocycles. The molecule has 0 N–H and O–H groups in total. The molecule has 1 fully saturated rings. The molecule has 2 unspecified atom stereocenters. The van der Waals surface area contributed by atoms with E-state index in [4.69, 9.17) is 4.74 Å². The largest absolute Gasteiger partial charge is 0.381 e. The molecule has 25 heavy (non-hydrogen) atoms. The van der Waals surface area contributed by atoms with Crippen molar-refractivity contribution in [1.82, 2.24) is 9.80 Å². The normalized spacial score (nSPS) is 17.0. The number of likely N-dealkylation sites (N-methyl/N-ethyl adjacent to an activating group) is 1. The molecule has 0 bridgehead atoms. The Kier molecular flexibility index (Phi) is 28.3. The predicted octanol–water partition coefficient (Wildman–Crippen LogP) is 5.93. The van der Waals surface area contributed by atoms with Crippen LogP contribution in [0, 0.1) is 5.92 Å². The van der Waals surface area contributed by atoms with E-state index in [9.17, 15) is 0 Å². The summed E-state index contributed by atoms with van der Waals surface area (Å²) in [5, 5.41) is 0. The second-order valence-electron chi connectivity index (χ2n) is 6.51. The van der Waals surface area contributed by atoms with Crippen molar-refractivity contribution in [1.29, 1.82) is 0 Å². The number of piperazine rings is 1. The summed E-state index contributed by atoms with van der Waals surface area (Å²) in [7, 11) is 4.01. The minimum Gasteiger partial charge on any atom is -0.381 e. The van der Waals surface area contributed by atoms with Crippen LogP contribution in [0.3, 0.4) is 0 Å². The quantitative estimate of drug-likeness (QED) is 0.533. The van der Waals surface area contributed by atoms with Crippen molar-refractivity contribution in [3.8, 4) is 0 Å². The molecule has 1 saturated heterocycles. The zero-order valence-corrected chi connectivity index (χ0v) is 19.5. The number of methoxy groups -OCH3 is 1. The third kappa shape index (κ3) is 20.0. The fraction of sp³-hybridized carbons (Fsp3) is 1.00. The van der Waals surface area contributed by atoms with Gasteiger partial charge in [-0.15, -0.1) is 0 Å². The van der Waals surface area contributed by atoms with Crippen molar-refractivity contribution in [3.05, 3.63) is 0 Å². The van der Waals surface area contributed by atoms with E-state index < -0.39 is 0 Å². The number of unbranched alkanes of at least 4 members (excludes halogenated alkanes) is 1. The van der Waals surface area contributed by atoms with Gasteiger partial charge in [-0.1, -0.05) is 68.2 Å². The number of ether oxygens (including phenoxy) is 1. The van der Waals surface area contributed by atoms with E-state index in [0.29, 0.717) is 6.10 Å². The van der Waals surface area contributed by atoms with Gasteiger partial charge >= 0.3 is 0 Å². The number of nitrogens with zero attached hydrogens (tertiary/aromatic N) is 2. The Morgan fingerprint density at radius 3 is 1.76 bits per heavy atom. The van der Waals surface area contributed by atoms with Gasteiger partial charge in [0.25, 0.3) is 0 Å². The second kappa shape index (κ2) is 23.9. The maximum atomic E-state index is 5.27. The standard InChI is InChI=1S/C9H20N2.C9H20O.2C2H6/c1-3-4-5-11-8-6-10(2)7-9-11;1-5-8(3)7-9(6-2)10-4;2*1-2/h3-9H2,1-2H3;8-9H,5-7H2,1-4H3;2*1-2H3. The van der Waals surface area contributed by atoms with E-state index in [-0.39, 0.29) is 0 Å². The summed E-state index contributed by atoms with van der Waals surface area (Å²) in [5.74, 6) is 0.810. The summed E-state index contributed by atoms with van der Waals surface area (Å²) in [6.45, 7) is 23.3. The molecule has 0 aromatic rings. The fourth-order valence-electron chi connectivity index (χ4n) is 2.50. The van der Waals surface area contributed by atoms with Crippen LogP contribution in [0.15, 0.2) is 0 Å². The van der Waals surface area contributed by atoms with Crippen molar-refractivity contribution in [2.24, 2.45) is 5.92 Å². The monoisotopic (exact) mass is 360 g/mol. The van der Waals surface area contributed by atoms with E-state index >= 15 is 0 Å². The van der Waals surface area contributed by atoms with Gasteiger partial charge in [0.2, 0.25) is 0 Å². The summed E-state index contributed by atoms with van der Waals surface area (Å²) in [4.78, 5) is 4.98. The van der Waals surface area contributed by atoms with Crippen LogP contribution in [-0.4, -0.2) is 62.8 Å². The predicted molar refractivity (Wildman–Crippen MR) is 117 cm³/mol. The van der Waals surface area contributed by atoms with E-state index in [0.717, 1.165) is 12.3 Å². The van der Waals surface area contributed by atoms with Gasteiger partial charge in [0.05, 0.1) is 6.10 Å². The molecule has 0 aromatic heterocycles. The van der Waals surface area contributed by atoms with Crippen LogP contribution in [0.2, 0.25) is 0 Å². The second-order valence-corrected chi connectivity index (χ2v) is 6.51. The lowest BCUT2D eigenvalue weighted by Crippen LogP contribution is -2.44. The molecule has 1 rings (SSSR count). The third-order valence-corrected chi connectivity index (χ3v) is 4.57. The molecule has 1 aliphatic rings. The maximum absolute atomic E-state index is 5.27. The molecule has 1 heterocycles. The van der Waals surface area contributed by atoms with E-state index in [1.807, 2.05) is 27.7 Å². The smallest absolute Gasteiger partial charge is 0.0571 e. The van der Waals surface area contributed by atoms with Crippen LogP contribution in [0.5, 0.6) is 0 Å². The van der Waals surface area contributed by atoms with Crippen LogP contribution < -0.4 is 0 Å². The zero-order valence-electron chi connectivity index (χ0n) is 19.5. The van der Waals surface area contributed by atoms with E-state index in [1.54, 1.807) is 7.11 Å². The molecule has 0 aromatic carbocycles. The molecule has 3 heteroatoms. The Morgan fingerprint density at radius 2 is 1.40 bits per heavy atom. The molecular weight excluding hydrogens is 308 g/mol. The Balaban J connectivity index is -0.000000324. The van der Waals surface area contributed by atoms with Crippen LogP contribution in [0.1, 0.15) is 87.5 Å². The average molecular weight is 361 g/mol. The molecule has 0 spiro atoms. The Hall–Kier alpha value is -0.120. The van der Waals surface area contributed by atoms with Crippen molar-refractivity contribution in [2.75, 3.05) is 46.9 Å². The van der Waals surface area contributed by atoms with Crippen molar-refractivity contribution >= 4 is 0 Å². The van der Waals surface area contributed by atoms with Gasteiger partial charge in [-0.2, -0.15) is 0 Å². The van der Waals surface area contributed by atoms with Crippen molar-refractivity contribution in [3.63, 3.8) is 0 Å². The lowest BCUT2D eigenvalue weighted by molar-refractivity contribution is 0.0788. The highest BCUT2D eigenvalue weighted by Gasteiger charge is 2.12. The topological polar surface area (TPSA) is 15.7 Å². The summed E-state index contributed by atoms with van der Waals surface area (Å²) < 4.78 is 5.27. The van der Waals surface area contributed by atoms with Gasteiger partial charge in [-0.05, 0) is 38.8 Å². The Bertz CT molecular complexity index is 209. The lowest BCUT2D eigenvalue weighted by Gasteiger charge is -2.32. The van der Waals surface area contributed by atoms with Gasteiger partial charge in [-0.3, -0.25) is 0 Å². The van der Waals surface area contributed by atoms with Crippen molar-refractivity contribution in [2.45, 2.75) is 93.6 Å². The summed E-state index contributed by atoms with van der Waals surface area (Å²) in [6.07, 6.45) is 6.79. The number of hydrogen-bond acceptors (Lipinski definition) is 3. The van der Waals surface area contributed by atoms with Crippen LogP contribution >= 0.6 is 0 Å². The molecule has 0 aliphatic carbocycles. The Morgan fingerprint density at radius 1 is 0.880 bits per heavy atom. The van der Waals surface area contributed by atoms with E-state index in [2.05, 4.69) is 44.5 Å². The van der Waals surface area contributed by atoms with Crippen LogP contribution in [-0.2, 0) is 4.74 Å². The van der Waals surface area contributed by atoms with Gasteiger partial charge in [0.15, 0.2) is 0 Å². The molecule has 1 aliphatic heterocycles. The van der Waals surface area contributed by atoms with E-state index in [1.165, 1.54) is 58.4 Å². The summed E-state index contributed by atoms with van der Waals surface area (Å²) in [5.41, 5.74) is 0.